The monoisotopic (exact) mass is 400 g/mol. The standard InChI is InChI=1S/C23H24N6O/c1-27-6-8-28(9-7-27)22-3-2-18(14-25-22)21-12-19(17-4-10-30-11-5-17)16-29-23(21)20(13-24)15-26-29/h2-4,12,14-16H,5-11H2,1H3. The number of likely N-dealkylation sites (N-methyl/N-ethyl adjacent to an activating group) is 1. The highest BCUT2D eigenvalue weighted by Gasteiger charge is 2.18. The fourth-order valence-corrected chi connectivity index (χ4v) is 4.16. The van der Waals surface area contributed by atoms with Crippen LogP contribution in [0.3, 0.4) is 0 Å². The molecule has 2 aliphatic heterocycles. The van der Waals surface area contributed by atoms with Gasteiger partial charge >= 0.3 is 0 Å². The minimum Gasteiger partial charge on any atom is -0.377 e. The molecule has 7 nitrogen and oxygen atoms in total. The molecule has 0 saturated carbocycles. The summed E-state index contributed by atoms with van der Waals surface area (Å²) in [5.41, 5.74) is 5.72. The van der Waals surface area contributed by atoms with Gasteiger partial charge in [0, 0.05) is 49.7 Å². The molecule has 0 N–H and O–H groups in total. The van der Waals surface area contributed by atoms with E-state index >= 15 is 0 Å². The summed E-state index contributed by atoms with van der Waals surface area (Å²) in [6.07, 6.45) is 8.55. The first-order valence-electron chi connectivity index (χ1n) is 10.3. The lowest BCUT2D eigenvalue weighted by atomic mass is 9.98. The molecule has 1 saturated heterocycles. The third kappa shape index (κ3) is 3.45. The average Bonchev–Trinajstić information content (AvgIpc) is 3.23. The molecule has 1 fully saturated rings. The SMILES string of the molecule is CN1CCN(c2ccc(-c3cc(C4=CCOCC4)cn4ncc(C#N)c34)cn2)CC1. The van der Waals surface area contributed by atoms with Gasteiger partial charge in [-0.25, -0.2) is 9.50 Å². The van der Waals surface area contributed by atoms with E-state index in [0.717, 1.165) is 67.2 Å². The topological polar surface area (TPSA) is 69.7 Å². The van der Waals surface area contributed by atoms with Crippen molar-refractivity contribution in [3.63, 3.8) is 0 Å². The van der Waals surface area contributed by atoms with Crippen molar-refractivity contribution in [1.82, 2.24) is 19.5 Å². The van der Waals surface area contributed by atoms with Crippen LogP contribution in [0.1, 0.15) is 17.5 Å². The Labute approximate surface area is 175 Å². The normalized spacial score (nSPS) is 17.7. The van der Waals surface area contributed by atoms with E-state index in [1.165, 1.54) is 5.57 Å². The van der Waals surface area contributed by atoms with Gasteiger partial charge in [0.1, 0.15) is 11.9 Å². The summed E-state index contributed by atoms with van der Waals surface area (Å²) in [7, 11) is 2.15. The molecule has 0 unspecified atom stereocenters. The fourth-order valence-electron chi connectivity index (χ4n) is 4.16. The van der Waals surface area contributed by atoms with Crippen LogP contribution in [0.4, 0.5) is 5.82 Å². The predicted molar refractivity (Wildman–Crippen MR) is 116 cm³/mol. The highest BCUT2D eigenvalue weighted by atomic mass is 16.5. The van der Waals surface area contributed by atoms with Crippen molar-refractivity contribution >= 4 is 16.9 Å². The molecule has 2 aliphatic rings. The van der Waals surface area contributed by atoms with Gasteiger partial charge in [0.15, 0.2) is 0 Å². The van der Waals surface area contributed by atoms with Gasteiger partial charge in [-0.2, -0.15) is 10.4 Å². The van der Waals surface area contributed by atoms with E-state index in [-0.39, 0.29) is 0 Å². The Kier molecular flexibility index (Phi) is 4.95. The van der Waals surface area contributed by atoms with E-state index in [9.17, 15) is 5.26 Å². The third-order valence-electron chi connectivity index (χ3n) is 5.95. The van der Waals surface area contributed by atoms with Crippen molar-refractivity contribution in [3.05, 3.63) is 54.0 Å². The second-order valence-corrected chi connectivity index (χ2v) is 7.86. The first-order chi connectivity index (χ1) is 14.7. The summed E-state index contributed by atoms with van der Waals surface area (Å²) in [6.45, 7) is 5.42. The minimum atomic E-state index is 0.570. The summed E-state index contributed by atoms with van der Waals surface area (Å²) in [4.78, 5) is 9.41. The van der Waals surface area contributed by atoms with Gasteiger partial charge in [-0.1, -0.05) is 6.08 Å². The van der Waals surface area contributed by atoms with E-state index in [2.05, 4.69) is 52.3 Å². The summed E-state index contributed by atoms with van der Waals surface area (Å²) < 4.78 is 7.28. The molecule has 0 aliphatic carbocycles. The molecule has 30 heavy (non-hydrogen) atoms. The Morgan fingerprint density at radius 2 is 1.97 bits per heavy atom. The second-order valence-electron chi connectivity index (χ2n) is 7.86. The molecule has 0 spiro atoms. The number of aromatic nitrogens is 3. The van der Waals surface area contributed by atoms with E-state index in [4.69, 9.17) is 9.72 Å². The molecule has 0 bridgehead atoms. The number of rotatable bonds is 3. The number of pyridine rings is 2. The first kappa shape index (κ1) is 18.8. The zero-order valence-electron chi connectivity index (χ0n) is 17.1. The number of hydrogen-bond acceptors (Lipinski definition) is 6. The van der Waals surface area contributed by atoms with Gasteiger partial charge in [-0.05, 0) is 42.8 Å². The zero-order valence-corrected chi connectivity index (χ0v) is 17.1. The molecule has 3 aromatic heterocycles. The van der Waals surface area contributed by atoms with Crippen LogP contribution in [0.5, 0.6) is 0 Å². The second kappa shape index (κ2) is 7.90. The van der Waals surface area contributed by atoms with Crippen molar-refractivity contribution in [2.45, 2.75) is 6.42 Å². The quantitative estimate of drug-likeness (QED) is 0.673. The lowest BCUT2D eigenvalue weighted by Crippen LogP contribution is -2.44. The van der Waals surface area contributed by atoms with Crippen LogP contribution in [0.25, 0.3) is 22.2 Å². The molecular formula is C23H24N6O. The Balaban J connectivity index is 1.56. The van der Waals surface area contributed by atoms with Gasteiger partial charge in [-0.3, -0.25) is 0 Å². The third-order valence-corrected chi connectivity index (χ3v) is 5.95. The molecule has 5 heterocycles. The molecule has 0 radical (unpaired) electrons. The lowest BCUT2D eigenvalue weighted by molar-refractivity contribution is 0.161. The summed E-state index contributed by atoms with van der Waals surface area (Å²) >= 11 is 0. The number of fused-ring (bicyclic) bond motifs is 1. The van der Waals surface area contributed by atoms with Crippen LogP contribution in [-0.4, -0.2) is 65.9 Å². The average molecular weight is 400 g/mol. The molecule has 3 aromatic rings. The Hall–Kier alpha value is -3.21. The Morgan fingerprint density at radius 1 is 1.10 bits per heavy atom. The molecule has 152 valence electrons. The number of anilines is 1. The van der Waals surface area contributed by atoms with Gasteiger partial charge < -0.3 is 14.5 Å². The maximum Gasteiger partial charge on any atom is 0.128 e. The number of nitriles is 1. The van der Waals surface area contributed by atoms with Crippen LogP contribution in [0.15, 0.2) is 42.9 Å². The van der Waals surface area contributed by atoms with Crippen molar-refractivity contribution in [2.75, 3.05) is 51.3 Å². The van der Waals surface area contributed by atoms with Gasteiger partial charge in [0.25, 0.3) is 0 Å². The maximum atomic E-state index is 9.59. The molecular weight excluding hydrogens is 376 g/mol. The molecule has 7 heteroatoms. The zero-order chi connectivity index (χ0) is 20.5. The first-order valence-corrected chi connectivity index (χ1v) is 10.3. The van der Waals surface area contributed by atoms with Crippen molar-refractivity contribution < 1.29 is 4.74 Å². The number of ether oxygens (including phenoxy) is 1. The smallest absolute Gasteiger partial charge is 0.128 e. The maximum absolute atomic E-state index is 9.59. The van der Waals surface area contributed by atoms with Gasteiger partial charge in [0.05, 0.1) is 30.5 Å². The summed E-state index contributed by atoms with van der Waals surface area (Å²) in [5, 5.41) is 14.0. The van der Waals surface area contributed by atoms with E-state index < -0.39 is 0 Å². The molecule has 0 amide bonds. The molecule has 5 rings (SSSR count). The highest BCUT2D eigenvalue weighted by molar-refractivity contribution is 5.87. The summed E-state index contributed by atoms with van der Waals surface area (Å²) in [6, 6.07) is 8.62. The molecule has 0 atom stereocenters. The predicted octanol–water partition coefficient (Wildman–Crippen LogP) is 2.82. The fraction of sp³-hybridized carbons (Fsp3) is 0.348. The van der Waals surface area contributed by atoms with E-state index in [1.807, 2.05) is 16.9 Å². The van der Waals surface area contributed by atoms with Crippen LogP contribution in [0.2, 0.25) is 0 Å². The van der Waals surface area contributed by atoms with Gasteiger partial charge in [0.2, 0.25) is 0 Å². The lowest BCUT2D eigenvalue weighted by Gasteiger charge is -2.33. The van der Waals surface area contributed by atoms with E-state index in [1.54, 1.807) is 6.20 Å². The largest absolute Gasteiger partial charge is 0.377 e. The van der Waals surface area contributed by atoms with E-state index in [0.29, 0.717) is 12.2 Å². The van der Waals surface area contributed by atoms with Crippen molar-refractivity contribution in [1.29, 1.82) is 5.26 Å². The van der Waals surface area contributed by atoms with Crippen molar-refractivity contribution in [2.24, 2.45) is 0 Å². The van der Waals surface area contributed by atoms with Gasteiger partial charge in [-0.15, -0.1) is 0 Å². The minimum absolute atomic E-state index is 0.570. The van der Waals surface area contributed by atoms with Crippen LogP contribution < -0.4 is 4.90 Å². The van der Waals surface area contributed by atoms with Crippen LogP contribution >= 0.6 is 0 Å². The van der Waals surface area contributed by atoms with Crippen molar-refractivity contribution in [3.8, 4) is 17.2 Å². The number of hydrogen-bond donors (Lipinski definition) is 0. The van der Waals surface area contributed by atoms with Crippen LogP contribution in [0, 0.1) is 11.3 Å². The highest BCUT2D eigenvalue weighted by Crippen LogP contribution is 2.32. The van der Waals surface area contributed by atoms with Crippen LogP contribution in [-0.2, 0) is 4.74 Å². The number of nitrogens with zero attached hydrogens (tertiary/aromatic N) is 6. The molecule has 0 aromatic carbocycles. The Bertz CT molecular complexity index is 1130. The summed E-state index contributed by atoms with van der Waals surface area (Å²) in [5.74, 6) is 1.00. The number of piperazine rings is 1. The Morgan fingerprint density at radius 3 is 2.67 bits per heavy atom.